The van der Waals surface area contributed by atoms with Gasteiger partial charge in [-0.15, -0.1) is 0 Å². The second-order valence-corrected chi connectivity index (χ2v) is 7.98. The molecule has 0 aromatic carbocycles. The van der Waals surface area contributed by atoms with E-state index >= 15 is 0 Å². The first-order chi connectivity index (χ1) is 10.1. The number of thioether (sulfide) groups is 1. The number of rotatable bonds is 8. The number of hydrogen-bond acceptors (Lipinski definition) is 5. The van der Waals surface area contributed by atoms with Crippen molar-refractivity contribution in [2.75, 3.05) is 44.2 Å². The molecule has 0 saturated carbocycles. The van der Waals surface area contributed by atoms with Crippen molar-refractivity contribution in [2.24, 2.45) is 0 Å². The molecule has 1 saturated heterocycles. The number of aromatic nitrogens is 1. The zero-order valence-corrected chi connectivity index (χ0v) is 14.0. The van der Waals surface area contributed by atoms with E-state index in [1.807, 2.05) is 18.7 Å². The Morgan fingerprint density at radius 2 is 2.14 bits per heavy atom. The summed E-state index contributed by atoms with van der Waals surface area (Å²) < 4.78 is 27.0. The van der Waals surface area contributed by atoms with Crippen LogP contribution in [-0.2, 0) is 16.6 Å². The SMILES string of the molecule is CCNCc1cc(S(=O)(=O)NCCN2CCSCC2)c[nH]1. The average Bonchev–Trinajstić information content (AvgIpc) is 2.96. The summed E-state index contributed by atoms with van der Waals surface area (Å²) in [5, 5.41) is 3.16. The molecule has 1 aromatic rings. The van der Waals surface area contributed by atoms with E-state index in [1.54, 1.807) is 12.3 Å². The zero-order chi connectivity index (χ0) is 15.1. The van der Waals surface area contributed by atoms with Gasteiger partial charge in [-0.25, -0.2) is 13.1 Å². The van der Waals surface area contributed by atoms with E-state index in [0.29, 0.717) is 18.0 Å². The third-order valence-electron chi connectivity index (χ3n) is 3.42. The van der Waals surface area contributed by atoms with E-state index in [9.17, 15) is 8.42 Å². The van der Waals surface area contributed by atoms with Gasteiger partial charge in [-0.3, -0.25) is 0 Å². The first-order valence-corrected chi connectivity index (χ1v) is 9.93. The molecule has 0 spiro atoms. The minimum atomic E-state index is -3.41. The highest BCUT2D eigenvalue weighted by Crippen LogP contribution is 2.11. The molecule has 1 fully saturated rings. The summed E-state index contributed by atoms with van der Waals surface area (Å²) in [4.78, 5) is 5.60. The Hall–Kier alpha value is -0.540. The van der Waals surface area contributed by atoms with Crippen LogP contribution in [0.5, 0.6) is 0 Å². The second-order valence-electron chi connectivity index (χ2n) is 4.99. The smallest absolute Gasteiger partial charge is 0.242 e. The maximum absolute atomic E-state index is 12.2. The molecule has 1 aromatic heterocycles. The predicted molar refractivity (Wildman–Crippen MR) is 87.1 cm³/mol. The van der Waals surface area contributed by atoms with Crippen LogP contribution in [0, 0.1) is 0 Å². The standard InChI is InChI=1S/C13H24N4O2S2/c1-2-14-10-12-9-13(11-15-12)21(18,19)16-3-4-17-5-7-20-8-6-17/h9,11,14-16H,2-8,10H2,1H3. The van der Waals surface area contributed by atoms with Crippen molar-refractivity contribution >= 4 is 21.8 Å². The summed E-state index contributed by atoms with van der Waals surface area (Å²) in [6.45, 7) is 6.84. The molecule has 0 radical (unpaired) electrons. The highest BCUT2D eigenvalue weighted by atomic mass is 32.2. The van der Waals surface area contributed by atoms with Gasteiger partial charge in [0.05, 0.1) is 4.90 Å². The minimum Gasteiger partial charge on any atom is -0.363 e. The number of sulfonamides is 1. The van der Waals surface area contributed by atoms with Crippen molar-refractivity contribution in [3.63, 3.8) is 0 Å². The number of nitrogens with one attached hydrogen (secondary N) is 3. The number of hydrogen-bond donors (Lipinski definition) is 3. The third kappa shape index (κ3) is 5.30. The van der Waals surface area contributed by atoms with Crippen LogP contribution in [0.1, 0.15) is 12.6 Å². The van der Waals surface area contributed by atoms with Gasteiger partial charge >= 0.3 is 0 Å². The molecule has 1 aliphatic heterocycles. The van der Waals surface area contributed by atoms with Gasteiger partial charge in [-0.1, -0.05) is 6.92 Å². The highest BCUT2D eigenvalue weighted by Gasteiger charge is 2.16. The lowest BCUT2D eigenvalue weighted by molar-refractivity contribution is 0.307. The van der Waals surface area contributed by atoms with Gasteiger partial charge < -0.3 is 15.2 Å². The Kier molecular flexibility index (Phi) is 6.56. The van der Waals surface area contributed by atoms with E-state index in [-0.39, 0.29) is 0 Å². The van der Waals surface area contributed by atoms with Crippen molar-refractivity contribution in [1.82, 2.24) is 19.9 Å². The molecule has 8 heteroatoms. The Balaban J connectivity index is 1.81. The fraction of sp³-hybridized carbons (Fsp3) is 0.692. The number of nitrogens with zero attached hydrogens (tertiary/aromatic N) is 1. The number of H-pyrrole nitrogens is 1. The summed E-state index contributed by atoms with van der Waals surface area (Å²) in [5.41, 5.74) is 0.880. The lowest BCUT2D eigenvalue weighted by atomic mass is 10.4. The van der Waals surface area contributed by atoms with Crippen LogP contribution >= 0.6 is 11.8 Å². The van der Waals surface area contributed by atoms with Gasteiger partial charge in [0.15, 0.2) is 0 Å². The van der Waals surface area contributed by atoms with Crippen LogP contribution in [0.25, 0.3) is 0 Å². The van der Waals surface area contributed by atoms with Gasteiger partial charge in [-0.2, -0.15) is 11.8 Å². The van der Waals surface area contributed by atoms with Crippen LogP contribution in [0.15, 0.2) is 17.2 Å². The van der Waals surface area contributed by atoms with Crippen LogP contribution in [0.3, 0.4) is 0 Å². The van der Waals surface area contributed by atoms with Gasteiger partial charge in [0.2, 0.25) is 10.0 Å². The largest absolute Gasteiger partial charge is 0.363 e. The molecular weight excluding hydrogens is 308 g/mol. The molecule has 0 amide bonds. The molecule has 120 valence electrons. The quantitative estimate of drug-likeness (QED) is 0.644. The van der Waals surface area contributed by atoms with Crippen molar-refractivity contribution in [3.8, 4) is 0 Å². The maximum Gasteiger partial charge on any atom is 0.242 e. The van der Waals surface area contributed by atoms with E-state index in [1.165, 1.54) is 0 Å². The van der Waals surface area contributed by atoms with Crippen molar-refractivity contribution in [3.05, 3.63) is 18.0 Å². The molecule has 21 heavy (non-hydrogen) atoms. The lowest BCUT2D eigenvalue weighted by Crippen LogP contribution is -2.39. The Bertz CT molecular complexity index is 524. The minimum absolute atomic E-state index is 0.310. The summed E-state index contributed by atoms with van der Waals surface area (Å²) in [5.74, 6) is 2.27. The van der Waals surface area contributed by atoms with E-state index < -0.39 is 10.0 Å². The number of aromatic amines is 1. The van der Waals surface area contributed by atoms with Crippen LogP contribution in [0.4, 0.5) is 0 Å². The Labute approximate surface area is 131 Å². The molecule has 3 N–H and O–H groups in total. The molecule has 2 rings (SSSR count). The predicted octanol–water partition coefficient (Wildman–Crippen LogP) is 0.451. The third-order valence-corrected chi connectivity index (χ3v) is 5.80. The van der Waals surface area contributed by atoms with Gasteiger partial charge in [0.1, 0.15) is 0 Å². The normalized spacial score (nSPS) is 17.2. The zero-order valence-electron chi connectivity index (χ0n) is 12.4. The fourth-order valence-electron chi connectivity index (χ4n) is 2.18. The molecule has 0 atom stereocenters. The van der Waals surface area contributed by atoms with Gasteiger partial charge in [0.25, 0.3) is 0 Å². The highest BCUT2D eigenvalue weighted by molar-refractivity contribution is 7.99. The van der Waals surface area contributed by atoms with Crippen molar-refractivity contribution in [1.29, 1.82) is 0 Å². The topological polar surface area (TPSA) is 77.2 Å². The van der Waals surface area contributed by atoms with E-state index in [4.69, 9.17) is 0 Å². The molecule has 0 bridgehead atoms. The van der Waals surface area contributed by atoms with Crippen molar-refractivity contribution < 1.29 is 8.42 Å². The van der Waals surface area contributed by atoms with Crippen molar-refractivity contribution in [2.45, 2.75) is 18.4 Å². The summed E-state index contributed by atoms with van der Waals surface area (Å²) >= 11 is 1.95. The fourth-order valence-corrected chi connectivity index (χ4v) is 4.20. The Morgan fingerprint density at radius 1 is 1.38 bits per heavy atom. The summed E-state index contributed by atoms with van der Waals surface area (Å²) in [7, 11) is -3.41. The molecule has 6 nitrogen and oxygen atoms in total. The summed E-state index contributed by atoms with van der Waals surface area (Å²) in [6.07, 6.45) is 1.55. The molecule has 0 unspecified atom stereocenters. The Morgan fingerprint density at radius 3 is 2.86 bits per heavy atom. The van der Waals surface area contributed by atoms with E-state index in [0.717, 1.165) is 43.4 Å². The summed E-state index contributed by atoms with van der Waals surface area (Å²) in [6, 6.07) is 1.68. The lowest BCUT2D eigenvalue weighted by Gasteiger charge is -2.25. The maximum atomic E-state index is 12.2. The van der Waals surface area contributed by atoms with Crippen LogP contribution in [0.2, 0.25) is 0 Å². The first kappa shape index (κ1) is 16.8. The van der Waals surface area contributed by atoms with Gasteiger partial charge in [-0.05, 0) is 12.6 Å². The van der Waals surface area contributed by atoms with E-state index in [2.05, 4.69) is 19.9 Å². The first-order valence-electron chi connectivity index (χ1n) is 7.29. The van der Waals surface area contributed by atoms with Gasteiger partial charge in [0, 0.05) is 56.1 Å². The molecule has 2 heterocycles. The molecule has 1 aliphatic rings. The molecular formula is C13H24N4O2S2. The van der Waals surface area contributed by atoms with Crippen LogP contribution in [-0.4, -0.2) is 62.5 Å². The average molecular weight is 332 g/mol. The second kappa shape index (κ2) is 8.19. The van der Waals surface area contributed by atoms with Crippen LogP contribution < -0.4 is 10.0 Å². The molecule has 0 aliphatic carbocycles. The monoisotopic (exact) mass is 332 g/mol.